The van der Waals surface area contributed by atoms with Crippen molar-refractivity contribution in [1.82, 2.24) is 14.9 Å². The van der Waals surface area contributed by atoms with Gasteiger partial charge in [-0.1, -0.05) is 51.4 Å². The van der Waals surface area contributed by atoms with Crippen molar-refractivity contribution in [3.8, 4) is 0 Å². The first-order chi connectivity index (χ1) is 11.0. The van der Waals surface area contributed by atoms with Crippen LogP contribution in [-0.4, -0.2) is 14.9 Å². The lowest BCUT2D eigenvalue weighted by atomic mass is 9.79. The Kier molecular flexibility index (Phi) is 5.48. The normalized spacial score (nSPS) is 14.0. The van der Waals surface area contributed by atoms with Gasteiger partial charge in [-0.15, -0.1) is 0 Å². The molecule has 24 heavy (non-hydrogen) atoms. The lowest BCUT2D eigenvalue weighted by Crippen LogP contribution is -2.21. The van der Waals surface area contributed by atoms with Gasteiger partial charge in [0.15, 0.2) is 0 Å². The van der Waals surface area contributed by atoms with Gasteiger partial charge in [0.25, 0.3) is 0 Å². The summed E-state index contributed by atoms with van der Waals surface area (Å²) in [5.41, 5.74) is 2.86. The van der Waals surface area contributed by atoms with Gasteiger partial charge in [0.05, 0.1) is 22.1 Å². The fourth-order valence-corrected chi connectivity index (χ4v) is 3.58. The molecule has 0 aliphatic rings. The highest BCUT2D eigenvalue weighted by Crippen LogP contribution is 2.39. The second-order valence-corrected chi connectivity index (χ2v) is 8.46. The third kappa shape index (κ3) is 3.69. The van der Waals surface area contributed by atoms with E-state index in [0.717, 1.165) is 34.3 Å². The molecule has 0 bridgehead atoms. The summed E-state index contributed by atoms with van der Waals surface area (Å²) in [6, 6.07) is 2.37. The quantitative estimate of drug-likeness (QED) is 0.640. The van der Waals surface area contributed by atoms with Crippen LogP contribution in [0.25, 0.3) is 0 Å². The minimum Gasteiger partial charge on any atom is -0.361 e. The van der Waals surface area contributed by atoms with Gasteiger partial charge in [-0.05, 0) is 33.1 Å². The summed E-state index contributed by atoms with van der Waals surface area (Å²) in [6.45, 7) is 17.1. The van der Waals surface area contributed by atoms with Gasteiger partial charge in [0, 0.05) is 23.4 Å². The van der Waals surface area contributed by atoms with E-state index in [1.54, 1.807) is 0 Å². The Balaban J connectivity index is 2.25. The molecule has 0 N–H and O–H groups in total. The van der Waals surface area contributed by atoms with Gasteiger partial charge in [-0.2, -0.15) is 5.10 Å². The van der Waals surface area contributed by atoms with Crippen molar-refractivity contribution in [3.63, 3.8) is 0 Å². The standard InChI is InChI=1S/C19H30ClN3O/c1-11(2)15-9-16(24-22-15)13(5)10-19(7,8)18-17(20)14(6)23(21-18)12(3)4/h9,11-13H,10H2,1-8H3. The molecule has 0 radical (unpaired) electrons. The zero-order chi connectivity index (χ0) is 18.2. The molecule has 5 heteroatoms. The first kappa shape index (κ1) is 19.0. The van der Waals surface area contributed by atoms with Gasteiger partial charge in [-0.25, -0.2) is 0 Å². The van der Waals surface area contributed by atoms with E-state index in [9.17, 15) is 0 Å². The first-order valence-corrected chi connectivity index (χ1v) is 9.14. The van der Waals surface area contributed by atoms with Crippen LogP contribution < -0.4 is 0 Å². The molecule has 0 fully saturated rings. The third-order valence-corrected chi connectivity index (χ3v) is 5.10. The van der Waals surface area contributed by atoms with Crippen molar-refractivity contribution < 1.29 is 4.52 Å². The Hall–Kier alpha value is -1.29. The van der Waals surface area contributed by atoms with E-state index in [2.05, 4.69) is 59.7 Å². The number of hydrogen-bond donors (Lipinski definition) is 0. The molecular weight excluding hydrogens is 322 g/mol. The summed E-state index contributed by atoms with van der Waals surface area (Å²) in [4.78, 5) is 0. The van der Waals surface area contributed by atoms with Gasteiger partial charge >= 0.3 is 0 Å². The van der Waals surface area contributed by atoms with Crippen molar-refractivity contribution in [2.75, 3.05) is 0 Å². The molecule has 1 unspecified atom stereocenters. The van der Waals surface area contributed by atoms with E-state index in [-0.39, 0.29) is 11.3 Å². The average molecular weight is 352 g/mol. The van der Waals surface area contributed by atoms with Crippen LogP contribution in [0.5, 0.6) is 0 Å². The molecule has 0 spiro atoms. The largest absolute Gasteiger partial charge is 0.361 e. The Morgan fingerprint density at radius 2 is 1.83 bits per heavy atom. The highest BCUT2D eigenvalue weighted by Gasteiger charge is 2.32. The molecule has 134 valence electrons. The average Bonchev–Trinajstić information content (AvgIpc) is 3.05. The van der Waals surface area contributed by atoms with E-state index >= 15 is 0 Å². The van der Waals surface area contributed by atoms with E-state index in [4.69, 9.17) is 21.2 Å². The zero-order valence-corrected chi connectivity index (χ0v) is 16.9. The third-order valence-electron chi connectivity index (χ3n) is 4.65. The van der Waals surface area contributed by atoms with Crippen LogP contribution in [0.3, 0.4) is 0 Å². The molecule has 2 heterocycles. The molecule has 1 atom stereocenters. The molecule has 0 saturated heterocycles. The second kappa shape index (κ2) is 6.91. The lowest BCUT2D eigenvalue weighted by molar-refractivity contribution is 0.326. The topological polar surface area (TPSA) is 43.9 Å². The second-order valence-electron chi connectivity index (χ2n) is 8.08. The summed E-state index contributed by atoms with van der Waals surface area (Å²) < 4.78 is 7.57. The lowest BCUT2D eigenvalue weighted by Gasteiger charge is -2.25. The fraction of sp³-hybridized carbons (Fsp3) is 0.684. The molecule has 0 aliphatic carbocycles. The minimum absolute atomic E-state index is 0.147. The Labute approximate surface area is 150 Å². The number of rotatable bonds is 6. The molecule has 2 rings (SSSR count). The predicted octanol–water partition coefficient (Wildman–Crippen LogP) is 6.01. The van der Waals surface area contributed by atoms with Crippen molar-refractivity contribution >= 4 is 11.6 Å². The van der Waals surface area contributed by atoms with E-state index in [0.29, 0.717) is 12.0 Å². The van der Waals surface area contributed by atoms with Crippen LogP contribution in [-0.2, 0) is 5.41 Å². The van der Waals surface area contributed by atoms with Crippen molar-refractivity contribution in [1.29, 1.82) is 0 Å². The van der Waals surface area contributed by atoms with Crippen LogP contribution in [0.2, 0.25) is 5.02 Å². The Morgan fingerprint density at radius 1 is 1.21 bits per heavy atom. The number of aromatic nitrogens is 3. The van der Waals surface area contributed by atoms with Crippen LogP contribution in [0.15, 0.2) is 10.6 Å². The van der Waals surface area contributed by atoms with Crippen LogP contribution in [0, 0.1) is 6.92 Å². The minimum atomic E-state index is -0.147. The van der Waals surface area contributed by atoms with E-state index < -0.39 is 0 Å². The highest BCUT2D eigenvalue weighted by atomic mass is 35.5. The number of halogens is 1. The number of nitrogens with zero attached hydrogens (tertiary/aromatic N) is 3. The van der Waals surface area contributed by atoms with Crippen molar-refractivity contribution in [3.05, 3.63) is 33.9 Å². The maximum Gasteiger partial charge on any atom is 0.139 e. The molecule has 4 nitrogen and oxygen atoms in total. The molecule has 0 aliphatic heterocycles. The van der Waals surface area contributed by atoms with Gasteiger partial charge < -0.3 is 4.52 Å². The molecule has 2 aromatic heterocycles. The molecular formula is C19H30ClN3O. The van der Waals surface area contributed by atoms with Gasteiger partial charge in [-0.3, -0.25) is 4.68 Å². The summed E-state index contributed by atoms with van der Waals surface area (Å²) in [7, 11) is 0. The summed E-state index contributed by atoms with van der Waals surface area (Å²) in [6.07, 6.45) is 0.897. The molecule has 0 amide bonds. The monoisotopic (exact) mass is 351 g/mol. The summed E-state index contributed by atoms with van der Waals surface area (Å²) >= 11 is 6.60. The number of hydrogen-bond acceptors (Lipinski definition) is 3. The Morgan fingerprint density at radius 3 is 2.29 bits per heavy atom. The van der Waals surface area contributed by atoms with Gasteiger partial charge in [0.1, 0.15) is 5.76 Å². The Bertz CT molecular complexity index is 698. The maximum absolute atomic E-state index is 6.60. The molecule has 2 aromatic rings. The van der Waals surface area contributed by atoms with E-state index in [1.807, 2.05) is 11.6 Å². The fourth-order valence-electron chi connectivity index (χ4n) is 3.20. The van der Waals surface area contributed by atoms with Crippen molar-refractivity contribution in [2.45, 2.75) is 85.1 Å². The predicted molar refractivity (Wildman–Crippen MR) is 99.0 cm³/mol. The van der Waals surface area contributed by atoms with Crippen LogP contribution in [0.1, 0.15) is 95.6 Å². The van der Waals surface area contributed by atoms with Gasteiger partial charge in [0.2, 0.25) is 0 Å². The molecule has 0 saturated carbocycles. The maximum atomic E-state index is 6.60. The van der Waals surface area contributed by atoms with E-state index in [1.165, 1.54) is 0 Å². The molecule has 0 aromatic carbocycles. The highest BCUT2D eigenvalue weighted by molar-refractivity contribution is 6.32. The van der Waals surface area contributed by atoms with Crippen LogP contribution >= 0.6 is 11.6 Å². The van der Waals surface area contributed by atoms with Crippen LogP contribution in [0.4, 0.5) is 0 Å². The first-order valence-electron chi connectivity index (χ1n) is 8.76. The zero-order valence-electron chi connectivity index (χ0n) is 16.1. The smallest absolute Gasteiger partial charge is 0.139 e. The SMILES string of the molecule is Cc1c(Cl)c(C(C)(C)CC(C)c2cc(C(C)C)no2)nn1C(C)C. The summed E-state index contributed by atoms with van der Waals surface area (Å²) in [5.74, 6) is 1.56. The summed E-state index contributed by atoms with van der Waals surface area (Å²) in [5, 5.41) is 9.76. The van der Waals surface area contributed by atoms with Crippen molar-refractivity contribution in [2.24, 2.45) is 0 Å².